The number of fused-ring (bicyclic) bond motifs is 1. The van der Waals surface area contributed by atoms with E-state index in [1.807, 2.05) is 30.5 Å². The second kappa shape index (κ2) is 4.31. The number of carbonyl (C=O) groups excluding carboxylic acids is 1. The molecular weight excluding hydrogens is 248 g/mol. The predicted molar refractivity (Wildman–Crippen MR) is 73.2 cm³/mol. The Hall–Kier alpha value is -1.06. The fourth-order valence-corrected chi connectivity index (χ4v) is 4.11. The van der Waals surface area contributed by atoms with Gasteiger partial charge >= 0.3 is 0 Å². The van der Waals surface area contributed by atoms with Crippen LogP contribution in [0.3, 0.4) is 0 Å². The summed E-state index contributed by atoms with van der Waals surface area (Å²) in [6.07, 6.45) is 0.870. The van der Waals surface area contributed by atoms with E-state index >= 15 is 0 Å². The molecule has 0 aliphatic carbocycles. The molecule has 86 valence electrons. The predicted octanol–water partition coefficient (Wildman–Crippen LogP) is 3.96. The summed E-state index contributed by atoms with van der Waals surface area (Å²) in [5.41, 5.74) is 2.21. The molecular formula is C14H12OS2. The summed E-state index contributed by atoms with van der Waals surface area (Å²) < 4.78 is 0. The number of ketones is 1. The molecule has 1 aliphatic heterocycles. The molecule has 0 radical (unpaired) electrons. The van der Waals surface area contributed by atoms with E-state index in [0.717, 1.165) is 16.9 Å². The second-order valence-corrected chi connectivity index (χ2v) is 6.54. The SMILES string of the molecule is Cc1sccc1C(=O)C1Cc2ccccc2S1. The first-order chi connectivity index (χ1) is 8.25. The van der Waals surface area contributed by atoms with Gasteiger partial charge in [0.25, 0.3) is 0 Å². The maximum Gasteiger partial charge on any atom is 0.177 e. The zero-order chi connectivity index (χ0) is 11.8. The largest absolute Gasteiger partial charge is 0.293 e. The third-order valence-electron chi connectivity index (χ3n) is 3.06. The van der Waals surface area contributed by atoms with Crippen LogP contribution in [0.2, 0.25) is 0 Å². The van der Waals surface area contributed by atoms with Gasteiger partial charge in [-0.2, -0.15) is 0 Å². The summed E-state index contributed by atoms with van der Waals surface area (Å²) in [6.45, 7) is 2.02. The van der Waals surface area contributed by atoms with Gasteiger partial charge in [0.1, 0.15) is 0 Å². The summed E-state index contributed by atoms with van der Waals surface area (Å²) >= 11 is 3.35. The summed E-state index contributed by atoms with van der Waals surface area (Å²) in [5, 5.41) is 2.07. The quantitative estimate of drug-likeness (QED) is 0.760. The zero-order valence-corrected chi connectivity index (χ0v) is 11.1. The minimum atomic E-state index is 0.0701. The number of Topliss-reactive ketones (excluding diaryl/α,β-unsaturated/α-hetero) is 1. The van der Waals surface area contributed by atoms with Crippen molar-refractivity contribution in [3.8, 4) is 0 Å². The molecule has 1 nitrogen and oxygen atoms in total. The van der Waals surface area contributed by atoms with Gasteiger partial charge in [0, 0.05) is 15.3 Å². The lowest BCUT2D eigenvalue weighted by Crippen LogP contribution is -2.16. The fraction of sp³-hybridized carbons (Fsp3) is 0.214. The molecule has 1 aromatic heterocycles. The van der Waals surface area contributed by atoms with Crippen molar-refractivity contribution in [2.45, 2.75) is 23.5 Å². The van der Waals surface area contributed by atoms with E-state index in [1.54, 1.807) is 23.1 Å². The van der Waals surface area contributed by atoms with Crippen LogP contribution in [0.5, 0.6) is 0 Å². The Balaban J connectivity index is 1.86. The number of thiophene rings is 1. The minimum absolute atomic E-state index is 0.0701. The Bertz CT molecular complexity index is 546. The highest BCUT2D eigenvalue weighted by atomic mass is 32.2. The summed E-state index contributed by atoms with van der Waals surface area (Å²) in [5.74, 6) is 0.282. The molecule has 1 unspecified atom stereocenters. The maximum absolute atomic E-state index is 12.4. The lowest BCUT2D eigenvalue weighted by Gasteiger charge is -2.06. The number of aryl methyl sites for hydroxylation is 1. The van der Waals surface area contributed by atoms with Crippen LogP contribution < -0.4 is 0 Å². The van der Waals surface area contributed by atoms with Crippen molar-refractivity contribution in [3.05, 3.63) is 51.7 Å². The molecule has 2 aromatic rings. The Kier molecular flexibility index (Phi) is 2.81. The molecule has 0 saturated carbocycles. The molecule has 1 aromatic carbocycles. The Morgan fingerprint density at radius 3 is 2.82 bits per heavy atom. The maximum atomic E-state index is 12.4. The van der Waals surface area contributed by atoms with Gasteiger partial charge in [0.15, 0.2) is 5.78 Å². The van der Waals surface area contributed by atoms with Crippen LogP contribution in [-0.2, 0) is 6.42 Å². The van der Waals surface area contributed by atoms with E-state index in [2.05, 4.69) is 12.1 Å². The van der Waals surface area contributed by atoms with E-state index < -0.39 is 0 Å². The van der Waals surface area contributed by atoms with Crippen LogP contribution in [-0.4, -0.2) is 11.0 Å². The van der Waals surface area contributed by atoms with Crippen molar-refractivity contribution >= 4 is 28.9 Å². The molecule has 2 heterocycles. The van der Waals surface area contributed by atoms with Gasteiger partial charge in [0.05, 0.1) is 5.25 Å². The van der Waals surface area contributed by atoms with Crippen LogP contribution in [0.4, 0.5) is 0 Å². The molecule has 0 fully saturated rings. The Morgan fingerprint density at radius 1 is 1.29 bits per heavy atom. The number of rotatable bonds is 2. The average Bonchev–Trinajstić information content (AvgIpc) is 2.93. The van der Waals surface area contributed by atoms with E-state index in [9.17, 15) is 4.79 Å². The second-order valence-electron chi connectivity index (χ2n) is 4.17. The molecule has 0 amide bonds. The Morgan fingerprint density at radius 2 is 2.12 bits per heavy atom. The fourth-order valence-electron chi connectivity index (χ4n) is 2.14. The molecule has 3 heteroatoms. The molecule has 0 spiro atoms. The lowest BCUT2D eigenvalue weighted by molar-refractivity contribution is 0.0990. The number of thioether (sulfide) groups is 1. The molecule has 1 aliphatic rings. The van der Waals surface area contributed by atoms with E-state index in [4.69, 9.17) is 0 Å². The highest BCUT2D eigenvalue weighted by Crippen LogP contribution is 2.38. The molecule has 3 rings (SSSR count). The van der Waals surface area contributed by atoms with E-state index in [-0.39, 0.29) is 11.0 Å². The van der Waals surface area contributed by atoms with Crippen molar-refractivity contribution in [1.29, 1.82) is 0 Å². The van der Waals surface area contributed by atoms with Gasteiger partial charge in [-0.05, 0) is 36.4 Å². The van der Waals surface area contributed by atoms with Crippen LogP contribution in [0.25, 0.3) is 0 Å². The summed E-state index contributed by atoms with van der Waals surface area (Å²) in [6, 6.07) is 10.3. The molecule has 1 atom stereocenters. The average molecular weight is 260 g/mol. The van der Waals surface area contributed by atoms with Gasteiger partial charge < -0.3 is 0 Å². The third-order valence-corrected chi connectivity index (χ3v) is 5.23. The van der Waals surface area contributed by atoms with Crippen LogP contribution >= 0.6 is 23.1 Å². The number of carbonyl (C=O) groups is 1. The monoisotopic (exact) mass is 260 g/mol. The minimum Gasteiger partial charge on any atom is -0.293 e. The van der Waals surface area contributed by atoms with Gasteiger partial charge in [-0.15, -0.1) is 23.1 Å². The van der Waals surface area contributed by atoms with Crippen molar-refractivity contribution < 1.29 is 4.79 Å². The first-order valence-corrected chi connectivity index (χ1v) is 7.34. The number of hydrogen-bond donors (Lipinski definition) is 0. The topological polar surface area (TPSA) is 17.1 Å². The zero-order valence-electron chi connectivity index (χ0n) is 9.47. The van der Waals surface area contributed by atoms with E-state index in [0.29, 0.717) is 0 Å². The first kappa shape index (κ1) is 11.1. The smallest absolute Gasteiger partial charge is 0.177 e. The first-order valence-electron chi connectivity index (χ1n) is 5.58. The Labute approximate surface area is 109 Å². The molecule has 0 N–H and O–H groups in total. The highest BCUT2D eigenvalue weighted by molar-refractivity contribution is 8.01. The van der Waals surface area contributed by atoms with Gasteiger partial charge in [-0.3, -0.25) is 4.79 Å². The van der Waals surface area contributed by atoms with Crippen LogP contribution in [0, 0.1) is 6.92 Å². The van der Waals surface area contributed by atoms with Crippen LogP contribution in [0.1, 0.15) is 20.8 Å². The number of benzene rings is 1. The highest BCUT2D eigenvalue weighted by Gasteiger charge is 2.29. The van der Waals surface area contributed by atoms with Crippen molar-refractivity contribution in [1.82, 2.24) is 0 Å². The van der Waals surface area contributed by atoms with Gasteiger partial charge in [-0.25, -0.2) is 0 Å². The molecule has 0 saturated heterocycles. The normalized spacial score (nSPS) is 18.1. The van der Waals surface area contributed by atoms with Crippen molar-refractivity contribution in [3.63, 3.8) is 0 Å². The van der Waals surface area contributed by atoms with Crippen molar-refractivity contribution in [2.75, 3.05) is 0 Å². The van der Waals surface area contributed by atoms with Crippen LogP contribution in [0.15, 0.2) is 40.6 Å². The number of hydrogen-bond acceptors (Lipinski definition) is 3. The third kappa shape index (κ3) is 1.94. The van der Waals surface area contributed by atoms with Gasteiger partial charge in [-0.1, -0.05) is 18.2 Å². The summed E-state index contributed by atoms with van der Waals surface area (Å²) in [7, 11) is 0. The van der Waals surface area contributed by atoms with Gasteiger partial charge in [0.2, 0.25) is 0 Å². The molecule has 0 bridgehead atoms. The lowest BCUT2D eigenvalue weighted by atomic mass is 10.0. The van der Waals surface area contributed by atoms with E-state index in [1.165, 1.54) is 10.5 Å². The standard InChI is InChI=1S/C14H12OS2/c1-9-11(6-7-16-9)14(15)13-8-10-4-2-3-5-12(10)17-13/h2-7,13H,8H2,1H3. The van der Waals surface area contributed by atoms with Crippen molar-refractivity contribution in [2.24, 2.45) is 0 Å². The molecule has 17 heavy (non-hydrogen) atoms. The summed E-state index contributed by atoms with van der Waals surface area (Å²) in [4.78, 5) is 14.8.